The Kier molecular flexibility index (Phi) is 4.80. The van der Waals surface area contributed by atoms with E-state index in [2.05, 4.69) is 116 Å². The molecule has 2 heterocycles. The molecule has 0 unspecified atom stereocenters. The van der Waals surface area contributed by atoms with Gasteiger partial charge in [-0.15, -0.1) is 0 Å². The molecular weight excluding hydrogens is 452 g/mol. The van der Waals surface area contributed by atoms with Crippen LogP contribution in [0.4, 0.5) is 0 Å². The van der Waals surface area contributed by atoms with E-state index in [9.17, 15) is 0 Å². The summed E-state index contributed by atoms with van der Waals surface area (Å²) in [6.07, 6.45) is 1.86. The predicted molar refractivity (Wildman–Crippen MR) is 153 cm³/mol. The fourth-order valence-corrected chi connectivity index (χ4v) is 5.60. The summed E-state index contributed by atoms with van der Waals surface area (Å²) in [5, 5.41) is 3.46. The lowest BCUT2D eigenvalue weighted by Gasteiger charge is -2.17. The number of nitrogens with zero attached hydrogens (tertiary/aromatic N) is 2. The Morgan fingerprint density at radius 3 is 2.24 bits per heavy atom. The molecule has 0 radical (unpaired) electrons. The zero-order valence-electron chi connectivity index (χ0n) is 21.1. The highest BCUT2D eigenvalue weighted by Crippen LogP contribution is 2.38. The van der Waals surface area contributed by atoms with Gasteiger partial charge in [0.25, 0.3) is 0 Å². The number of furan rings is 1. The lowest BCUT2D eigenvalue weighted by Crippen LogP contribution is -2.03. The van der Waals surface area contributed by atoms with Crippen LogP contribution in [0.5, 0.6) is 0 Å². The van der Waals surface area contributed by atoms with E-state index >= 15 is 0 Å². The molecule has 7 aromatic rings. The first-order valence-corrected chi connectivity index (χ1v) is 12.6. The quantitative estimate of drug-likeness (QED) is 0.253. The number of hydrogen-bond acceptors (Lipinski definition) is 2. The fourth-order valence-electron chi connectivity index (χ4n) is 5.60. The zero-order valence-corrected chi connectivity index (χ0v) is 21.1. The number of benzene rings is 5. The van der Waals surface area contributed by atoms with Gasteiger partial charge in [-0.25, -0.2) is 4.98 Å². The molecule has 0 aliphatic rings. The van der Waals surface area contributed by atoms with Crippen LogP contribution in [0.1, 0.15) is 16.7 Å². The summed E-state index contributed by atoms with van der Waals surface area (Å²) in [7, 11) is 0. The second-order valence-corrected chi connectivity index (χ2v) is 9.93. The van der Waals surface area contributed by atoms with Crippen LogP contribution in [-0.2, 0) is 0 Å². The Labute approximate surface area is 215 Å². The van der Waals surface area contributed by atoms with Crippen LogP contribution >= 0.6 is 0 Å². The minimum absolute atomic E-state index is 0.873. The van der Waals surface area contributed by atoms with Crippen molar-refractivity contribution < 1.29 is 4.42 Å². The van der Waals surface area contributed by atoms with E-state index in [1.54, 1.807) is 0 Å². The number of imidazole rings is 1. The van der Waals surface area contributed by atoms with Gasteiger partial charge in [-0.3, -0.25) is 4.57 Å². The molecule has 0 fully saturated rings. The lowest BCUT2D eigenvalue weighted by molar-refractivity contribution is 0.617. The first kappa shape index (κ1) is 21.6. The van der Waals surface area contributed by atoms with Gasteiger partial charge in [0.2, 0.25) is 0 Å². The second kappa shape index (κ2) is 8.21. The lowest BCUT2D eigenvalue weighted by atomic mass is 9.98. The molecule has 0 saturated carbocycles. The van der Waals surface area contributed by atoms with Gasteiger partial charge in [0.05, 0.1) is 22.3 Å². The molecule has 0 spiro atoms. The topological polar surface area (TPSA) is 31.0 Å². The summed E-state index contributed by atoms with van der Waals surface area (Å²) in [5.41, 5.74) is 11.2. The fraction of sp³-hybridized carbons (Fsp3) is 0.0882. The van der Waals surface area contributed by atoms with Crippen molar-refractivity contribution in [2.45, 2.75) is 20.8 Å². The highest BCUT2D eigenvalue weighted by molar-refractivity contribution is 6.03. The normalized spacial score (nSPS) is 11.6. The molecule has 5 aromatic carbocycles. The van der Waals surface area contributed by atoms with E-state index in [0.717, 1.165) is 39.1 Å². The van der Waals surface area contributed by atoms with Gasteiger partial charge in [0.1, 0.15) is 17.7 Å². The van der Waals surface area contributed by atoms with Crippen LogP contribution in [0.3, 0.4) is 0 Å². The summed E-state index contributed by atoms with van der Waals surface area (Å²) in [4.78, 5) is 5.15. The van der Waals surface area contributed by atoms with Crippen molar-refractivity contribution in [1.82, 2.24) is 9.55 Å². The molecule has 2 aromatic heterocycles. The Bertz CT molecular complexity index is 1930. The number of aromatic nitrogens is 2. The van der Waals surface area contributed by atoms with Crippen LogP contribution in [0.2, 0.25) is 0 Å². The van der Waals surface area contributed by atoms with E-state index in [0.29, 0.717) is 0 Å². The summed E-state index contributed by atoms with van der Waals surface area (Å²) in [5.74, 6) is 0.894. The average Bonchev–Trinajstić information content (AvgIpc) is 3.48. The van der Waals surface area contributed by atoms with E-state index in [1.165, 1.54) is 38.6 Å². The Morgan fingerprint density at radius 1 is 0.676 bits per heavy atom. The molecule has 178 valence electrons. The summed E-state index contributed by atoms with van der Waals surface area (Å²) in [6.45, 7) is 6.51. The molecule has 0 N–H and O–H groups in total. The number of para-hydroxylation sites is 2. The SMILES string of the molecule is Cc1ccc2cc3occ(-c4nc5ccccc5n4-c4c(C)cc(-c5ccccc5)cc4C)c3cc2c1. The van der Waals surface area contributed by atoms with Gasteiger partial charge in [-0.05, 0) is 90.2 Å². The van der Waals surface area contributed by atoms with Crippen molar-refractivity contribution in [1.29, 1.82) is 0 Å². The van der Waals surface area contributed by atoms with E-state index < -0.39 is 0 Å². The third kappa shape index (κ3) is 3.47. The number of hydrogen-bond donors (Lipinski definition) is 0. The predicted octanol–water partition coefficient (Wildman–Crippen LogP) is 9.18. The standard InChI is InChI=1S/C34H26N2O/c1-21-13-14-25-19-32-28(18-26(25)15-21)29(20-37-32)34-35-30-11-7-8-12-31(30)36(34)33-22(2)16-27(17-23(33)3)24-9-5-4-6-10-24/h4-20H,1-3H3. The first-order chi connectivity index (χ1) is 18.1. The molecule has 0 aliphatic heterocycles. The van der Waals surface area contributed by atoms with Gasteiger partial charge < -0.3 is 4.42 Å². The molecule has 0 aliphatic carbocycles. The maximum atomic E-state index is 6.11. The minimum Gasteiger partial charge on any atom is -0.464 e. The number of fused-ring (bicyclic) bond motifs is 3. The Hall–Kier alpha value is -4.63. The van der Waals surface area contributed by atoms with E-state index in [-0.39, 0.29) is 0 Å². The molecule has 0 atom stereocenters. The average molecular weight is 479 g/mol. The third-order valence-corrected chi connectivity index (χ3v) is 7.31. The Balaban J connectivity index is 1.50. The number of rotatable bonds is 3. The number of aryl methyl sites for hydroxylation is 3. The summed E-state index contributed by atoms with van der Waals surface area (Å²) < 4.78 is 8.42. The van der Waals surface area contributed by atoms with Gasteiger partial charge in [-0.2, -0.15) is 0 Å². The van der Waals surface area contributed by atoms with Crippen LogP contribution in [0.25, 0.3) is 61.0 Å². The largest absolute Gasteiger partial charge is 0.464 e. The zero-order chi connectivity index (χ0) is 25.1. The van der Waals surface area contributed by atoms with Crippen LogP contribution in [0, 0.1) is 20.8 Å². The van der Waals surface area contributed by atoms with Crippen molar-refractivity contribution in [3.05, 3.63) is 120 Å². The van der Waals surface area contributed by atoms with Gasteiger partial charge in [0, 0.05) is 5.39 Å². The van der Waals surface area contributed by atoms with Crippen LogP contribution in [0.15, 0.2) is 108 Å². The molecule has 37 heavy (non-hydrogen) atoms. The molecular formula is C34H26N2O. The molecule has 3 nitrogen and oxygen atoms in total. The van der Waals surface area contributed by atoms with E-state index in [4.69, 9.17) is 9.40 Å². The smallest absolute Gasteiger partial charge is 0.149 e. The van der Waals surface area contributed by atoms with Gasteiger partial charge in [-0.1, -0.05) is 66.2 Å². The Morgan fingerprint density at radius 2 is 1.43 bits per heavy atom. The van der Waals surface area contributed by atoms with Crippen molar-refractivity contribution in [2.75, 3.05) is 0 Å². The van der Waals surface area contributed by atoms with Crippen molar-refractivity contribution in [3.8, 4) is 28.2 Å². The summed E-state index contributed by atoms with van der Waals surface area (Å²) >= 11 is 0. The molecule has 7 rings (SSSR count). The molecule has 3 heteroatoms. The summed E-state index contributed by atoms with van der Waals surface area (Å²) in [6, 6.07) is 34.4. The minimum atomic E-state index is 0.873. The second-order valence-electron chi connectivity index (χ2n) is 9.93. The highest BCUT2D eigenvalue weighted by Gasteiger charge is 2.21. The van der Waals surface area contributed by atoms with Crippen molar-refractivity contribution in [2.24, 2.45) is 0 Å². The molecule has 0 saturated heterocycles. The van der Waals surface area contributed by atoms with E-state index in [1.807, 2.05) is 12.3 Å². The monoisotopic (exact) mass is 478 g/mol. The maximum Gasteiger partial charge on any atom is 0.149 e. The van der Waals surface area contributed by atoms with Crippen LogP contribution < -0.4 is 0 Å². The molecule has 0 amide bonds. The van der Waals surface area contributed by atoms with Crippen LogP contribution in [-0.4, -0.2) is 9.55 Å². The maximum absolute atomic E-state index is 6.11. The van der Waals surface area contributed by atoms with Crippen molar-refractivity contribution >= 4 is 32.8 Å². The van der Waals surface area contributed by atoms with Crippen molar-refractivity contribution in [3.63, 3.8) is 0 Å². The van der Waals surface area contributed by atoms with Gasteiger partial charge in [0.15, 0.2) is 0 Å². The third-order valence-electron chi connectivity index (χ3n) is 7.31. The highest BCUT2D eigenvalue weighted by atomic mass is 16.3. The van der Waals surface area contributed by atoms with Gasteiger partial charge >= 0.3 is 0 Å². The molecule has 0 bridgehead atoms. The first-order valence-electron chi connectivity index (χ1n) is 12.6.